The van der Waals surface area contributed by atoms with Crippen molar-refractivity contribution in [3.8, 4) is 147 Å². The van der Waals surface area contributed by atoms with Gasteiger partial charge in [-0.1, -0.05) is 371 Å². The zero-order valence-electron chi connectivity index (χ0n) is 70.5. The molecule has 0 aliphatic carbocycles. The van der Waals surface area contributed by atoms with Gasteiger partial charge in [-0.05, 0) is 187 Å². The summed E-state index contributed by atoms with van der Waals surface area (Å²) in [6.45, 7) is 0. The first kappa shape index (κ1) is 78.1. The number of benzene rings is 19. The second-order valence-corrected chi connectivity index (χ2v) is 32.9. The van der Waals surface area contributed by atoms with Crippen LogP contribution in [-0.2, 0) is 0 Å². The maximum atomic E-state index is 5.29. The van der Waals surface area contributed by atoms with Gasteiger partial charge in [-0.3, -0.25) is 9.13 Å². The third-order valence-corrected chi connectivity index (χ3v) is 25.2. The van der Waals surface area contributed by atoms with E-state index < -0.39 is 0 Å². The van der Waals surface area contributed by atoms with Crippen molar-refractivity contribution in [3.05, 3.63) is 473 Å². The fourth-order valence-corrected chi connectivity index (χ4v) is 18.9. The minimum Gasteiger partial charge on any atom is -0.309 e. The van der Waals surface area contributed by atoms with E-state index in [-0.39, 0.29) is 7.43 Å². The summed E-state index contributed by atoms with van der Waals surface area (Å²) in [5, 5.41) is 9.42. The van der Waals surface area contributed by atoms with Gasteiger partial charge in [-0.2, -0.15) is 19.9 Å². The normalized spacial score (nSPS) is 11.5. The smallest absolute Gasteiger partial charge is 0.238 e. The summed E-state index contributed by atoms with van der Waals surface area (Å²) in [5.74, 6) is 3.59. The Morgan fingerprint density at radius 3 is 0.641 bits per heavy atom. The average Bonchev–Trinajstić information content (AvgIpc) is 1.57. The number of nitrogens with zero attached hydrogens (tertiary/aromatic N) is 10. The molecule has 0 radical (unpaired) electrons. The first-order valence-electron chi connectivity index (χ1n) is 43.9. The molecule has 19 aromatic carbocycles. The fraction of sp³-hybridized carbons (Fsp3) is 0.00826. The van der Waals surface area contributed by atoms with E-state index in [1.807, 2.05) is 48.5 Å². The molecule has 6 aromatic heterocycles. The molecule has 25 aromatic rings. The molecule has 0 unspecified atom stereocenters. The Bertz CT molecular complexity index is 8600. The Morgan fingerprint density at radius 2 is 0.321 bits per heavy atom. The predicted octanol–water partition coefficient (Wildman–Crippen LogP) is 31.1. The number of hydrogen-bond donors (Lipinski definition) is 0. The molecule has 0 saturated carbocycles. The van der Waals surface area contributed by atoms with Crippen LogP contribution in [0.25, 0.3) is 234 Å². The van der Waals surface area contributed by atoms with E-state index in [4.69, 9.17) is 29.9 Å². The highest BCUT2D eigenvalue weighted by molar-refractivity contribution is 6.15. The molecule has 0 aliphatic rings. The molecule has 131 heavy (non-hydrogen) atoms. The van der Waals surface area contributed by atoms with E-state index in [9.17, 15) is 0 Å². The fourth-order valence-electron chi connectivity index (χ4n) is 18.9. The van der Waals surface area contributed by atoms with Gasteiger partial charge in [0.1, 0.15) is 0 Å². The highest BCUT2D eigenvalue weighted by atomic mass is 15.2. The summed E-state index contributed by atoms with van der Waals surface area (Å²) in [5.41, 5.74) is 31.0. The summed E-state index contributed by atoms with van der Waals surface area (Å²) in [6.07, 6.45) is 0. The second kappa shape index (κ2) is 33.4. The van der Waals surface area contributed by atoms with Crippen molar-refractivity contribution in [2.45, 2.75) is 7.43 Å². The van der Waals surface area contributed by atoms with Gasteiger partial charge in [0.25, 0.3) is 0 Å². The first-order chi connectivity index (χ1) is 64.4. The van der Waals surface area contributed by atoms with E-state index in [0.717, 1.165) is 122 Å². The van der Waals surface area contributed by atoms with Gasteiger partial charge < -0.3 is 9.13 Å². The van der Waals surface area contributed by atoms with Crippen molar-refractivity contribution < 1.29 is 0 Å². The Morgan fingerprint density at radius 1 is 0.122 bits per heavy atom. The van der Waals surface area contributed by atoms with Crippen LogP contribution in [0.3, 0.4) is 0 Å². The Balaban J connectivity index is 0.000000148. The van der Waals surface area contributed by atoms with Crippen LogP contribution < -0.4 is 0 Å². The lowest BCUT2D eigenvalue weighted by molar-refractivity contribution is 0.953. The minimum atomic E-state index is 0. The summed E-state index contributed by atoms with van der Waals surface area (Å²) >= 11 is 0. The van der Waals surface area contributed by atoms with E-state index in [1.165, 1.54) is 77.0 Å². The number of fused-ring (bicyclic) bond motifs is 12. The van der Waals surface area contributed by atoms with Crippen molar-refractivity contribution in [2.24, 2.45) is 0 Å². The molecule has 616 valence electrons. The molecule has 10 heteroatoms. The van der Waals surface area contributed by atoms with Gasteiger partial charge in [0, 0.05) is 76.7 Å². The molecule has 0 amide bonds. The largest absolute Gasteiger partial charge is 0.309 e. The molecule has 0 N–H and O–H groups in total. The maximum Gasteiger partial charge on any atom is 0.238 e. The molecule has 10 nitrogen and oxygen atoms in total. The van der Waals surface area contributed by atoms with Crippen molar-refractivity contribution in [2.75, 3.05) is 0 Å². The zero-order valence-corrected chi connectivity index (χ0v) is 70.5. The second-order valence-electron chi connectivity index (χ2n) is 32.9. The number of para-hydroxylation sites is 5. The van der Waals surface area contributed by atoms with Crippen LogP contribution in [0.1, 0.15) is 7.43 Å². The van der Waals surface area contributed by atoms with Crippen LogP contribution in [0, 0.1) is 0 Å². The van der Waals surface area contributed by atoms with Crippen LogP contribution >= 0.6 is 0 Å². The van der Waals surface area contributed by atoms with Gasteiger partial charge in [0.2, 0.25) is 11.9 Å². The lowest BCUT2D eigenvalue weighted by Crippen LogP contribution is -2.06. The lowest BCUT2D eigenvalue weighted by atomic mass is 9.99. The molecule has 0 saturated heterocycles. The number of hydrogen-bond acceptors (Lipinski definition) is 6. The van der Waals surface area contributed by atoms with E-state index in [0.29, 0.717) is 35.2 Å². The van der Waals surface area contributed by atoms with Crippen LogP contribution in [0.15, 0.2) is 473 Å². The number of rotatable bonds is 15. The van der Waals surface area contributed by atoms with Crippen molar-refractivity contribution in [3.63, 3.8) is 0 Å². The topological polar surface area (TPSA) is 97.1 Å². The van der Waals surface area contributed by atoms with E-state index in [2.05, 4.69) is 443 Å². The van der Waals surface area contributed by atoms with E-state index >= 15 is 0 Å². The van der Waals surface area contributed by atoms with Gasteiger partial charge in [-0.25, -0.2) is 9.97 Å². The van der Waals surface area contributed by atoms with Crippen LogP contribution in [0.2, 0.25) is 0 Å². The molecule has 6 heterocycles. The molecule has 0 fully saturated rings. The van der Waals surface area contributed by atoms with Crippen molar-refractivity contribution in [1.29, 1.82) is 0 Å². The van der Waals surface area contributed by atoms with E-state index in [1.54, 1.807) is 0 Å². The van der Waals surface area contributed by atoms with Gasteiger partial charge in [-0.15, -0.1) is 0 Å². The third-order valence-electron chi connectivity index (χ3n) is 25.2. The van der Waals surface area contributed by atoms with Crippen molar-refractivity contribution >= 4 is 87.2 Å². The van der Waals surface area contributed by atoms with Gasteiger partial charge in [0.05, 0.1) is 44.1 Å². The molecule has 0 atom stereocenters. The Labute approximate surface area is 757 Å². The SMILES string of the molecule is C.c1ccc(-c2ccc(-c3cccc(-c4nc(-c5ccccc5)nc(-n5c6ccccc6c6cc(-c7ccc8c(c7)c7ccccc7n8-c7ccc(-c8ccccc8)cc7)ccc65)n4)c3)cc2)cc1.c1ccc(-c2ccc(-c3cccc(-c4nc(-c5ccccc5)nc(-n5c6ccccc6c6cc(-c7ccc8c(c7)c7ccccc7n8-c7ccccc7)ccc65)n4)c3)cc2)cc1. The average molecular weight is 1680 g/mol. The van der Waals surface area contributed by atoms with Gasteiger partial charge in [0.15, 0.2) is 23.3 Å². The summed E-state index contributed by atoms with van der Waals surface area (Å²) < 4.78 is 9.12. The molecule has 25 rings (SSSR count). The first-order valence-corrected chi connectivity index (χ1v) is 43.9. The minimum absolute atomic E-state index is 0. The highest BCUT2D eigenvalue weighted by Crippen LogP contribution is 2.44. The quantitative estimate of drug-likeness (QED) is 0.101. The Kier molecular flexibility index (Phi) is 19.9. The molecular formula is C121H82N10. The highest BCUT2D eigenvalue weighted by Gasteiger charge is 2.24. The third kappa shape index (κ3) is 14.4. The lowest BCUT2D eigenvalue weighted by Gasteiger charge is -2.12. The molecule has 0 aliphatic heterocycles. The van der Waals surface area contributed by atoms with Gasteiger partial charge >= 0.3 is 0 Å². The van der Waals surface area contributed by atoms with Crippen LogP contribution in [0.5, 0.6) is 0 Å². The standard InChI is InChI=1S/C63H41N5.C57H37N5.CH4/c1-4-15-42(16-5-1)44-27-29-46(30-28-44)48-21-14-22-51(39-48)62-64-61(47-19-8-3-9-20-47)65-63(66-62)68-58-26-13-11-24-54(58)56-41-50(34-38-60(56)68)49-33-37-59-55(40-49)53-23-10-12-25-57(53)67(59)52-35-31-45(32-36-52)43-17-6-2-7-18-43;1-4-15-38(16-5-1)39-27-29-40(30-28-39)42-19-14-20-45(35-42)56-58-55(41-17-6-2-7-18-41)59-57(60-56)62-52-26-13-11-24-48(52)50-37-44(32-34-54(50)62)43-31-33-53-49(36-43)47-23-10-12-25-51(47)61(53)46-21-8-3-9-22-46;/h1-41H;1-37H;1H4. The zero-order chi connectivity index (χ0) is 86.0. The summed E-state index contributed by atoms with van der Waals surface area (Å²) in [6, 6.07) is 168. The summed E-state index contributed by atoms with van der Waals surface area (Å²) in [4.78, 5) is 31.2. The maximum absolute atomic E-state index is 5.29. The molecule has 0 bridgehead atoms. The van der Waals surface area contributed by atoms with Crippen LogP contribution in [-0.4, -0.2) is 48.2 Å². The number of aromatic nitrogens is 10. The van der Waals surface area contributed by atoms with Crippen molar-refractivity contribution in [1.82, 2.24) is 48.2 Å². The molecule has 0 spiro atoms. The monoisotopic (exact) mass is 1670 g/mol. The summed E-state index contributed by atoms with van der Waals surface area (Å²) in [7, 11) is 0. The Hall–Kier alpha value is -17.6. The molecular weight excluding hydrogens is 1590 g/mol. The van der Waals surface area contributed by atoms with Crippen LogP contribution in [0.4, 0.5) is 0 Å². The predicted molar refractivity (Wildman–Crippen MR) is 544 cm³/mol.